The lowest BCUT2D eigenvalue weighted by Crippen LogP contribution is -2.38. The quantitative estimate of drug-likeness (QED) is 0.875. The highest BCUT2D eigenvalue weighted by Gasteiger charge is 2.14. The second kappa shape index (κ2) is 5.88. The van der Waals surface area contributed by atoms with E-state index in [0.717, 1.165) is 6.42 Å². The molecule has 0 aliphatic rings. The van der Waals surface area contributed by atoms with Crippen LogP contribution < -0.4 is 10.6 Å². The molecule has 2 aromatic heterocycles. The number of carbonyl (C=O) groups excluding carboxylic acids is 1. The van der Waals surface area contributed by atoms with E-state index < -0.39 is 0 Å². The molecule has 0 radical (unpaired) electrons. The fraction of sp³-hybridized carbons (Fsp3) is 0.417. The van der Waals surface area contributed by atoms with Crippen LogP contribution in [0.5, 0.6) is 0 Å². The van der Waals surface area contributed by atoms with Gasteiger partial charge in [-0.1, -0.05) is 18.5 Å². The van der Waals surface area contributed by atoms with E-state index in [1.807, 2.05) is 6.92 Å². The van der Waals surface area contributed by atoms with Crippen LogP contribution in [0.15, 0.2) is 18.3 Å². The number of pyridine rings is 1. The zero-order valence-electron chi connectivity index (χ0n) is 10.9. The van der Waals surface area contributed by atoms with Gasteiger partial charge < -0.3 is 10.6 Å². The standard InChI is InChI=1S/C12H16ClN5O/c1-3-6-14-11(19)8(2)15-12-16-10-5-4-9(13)7-18(10)17-12/h4-5,7-8H,3,6H2,1-2H3,(H,14,19)(H,15,17). The second-order valence-electron chi connectivity index (χ2n) is 4.24. The van der Waals surface area contributed by atoms with Crippen molar-refractivity contribution in [3.8, 4) is 0 Å². The average molecular weight is 282 g/mol. The van der Waals surface area contributed by atoms with Crippen LogP contribution in [0.3, 0.4) is 0 Å². The Kier molecular flexibility index (Phi) is 4.21. The molecule has 2 aromatic rings. The lowest BCUT2D eigenvalue weighted by Gasteiger charge is -2.11. The zero-order valence-corrected chi connectivity index (χ0v) is 11.6. The van der Waals surface area contributed by atoms with E-state index in [-0.39, 0.29) is 11.9 Å². The molecule has 6 nitrogen and oxygen atoms in total. The summed E-state index contributed by atoms with van der Waals surface area (Å²) in [5, 5.41) is 10.6. The number of carbonyl (C=O) groups is 1. The molecule has 0 saturated carbocycles. The van der Waals surface area contributed by atoms with E-state index in [4.69, 9.17) is 11.6 Å². The molecule has 2 heterocycles. The molecule has 0 fully saturated rings. The molecule has 1 amide bonds. The van der Waals surface area contributed by atoms with Crippen molar-refractivity contribution in [3.63, 3.8) is 0 Å². The zero-order chi connectivity index (χ0) is 13.8. The molecule has 19 heavy (non-hydrogen) atoms. The number of amides is 1. The van der Waals surface area contributed by atoms with Crippen LogP contribution in [-0.2, 0) is 4.79 Å². The van der Waals surface area contributed by atoms with E-state index in [2.05, 4.69) is 20.7 Å². The summed E-state index contributed by atoms with van der Waals surface area (Å²) >= 11 is 5.87. The minimum Gasteiger partial charge on any atom is -0.354 e. The normalized spacial score (nSPS) is 12.4. The Morgan fingerprint density at radius 1 is 1.53 bits per heavy atom. The Bertz CT molecular complexity index is 583. The van der Waals surface area contributed by atoms with Crippen LogP contribution in [0.2, 0.25) is 5.02 Å². The summed E-state index contributed by atoms with van der Waals surface area (Å²) in [6.07, 6.45) is 2.57. The van der Waals surface area contributed by atoms with Gasteiger partial charge in [0.1, 0.15) is 6.04 Å². The fourth-order valence-corrected chi connectivity index (χ4v) is 1.74. The molecule has 1 unspecified atom stereocenters. The first-order valence-corrected chi connectivity index (χ1v) is 6.54. The van der Waals surface area contributed by atoms with Crippen molar-refractivity contribution in [1.82, 2.24) is 19.9 Å². The second-order valence-corrected chi connectivity index (χ2v) is 4.68. The van der Waals surface area contributed by atoms with Crippen molar-refractivity contribution in [1.29, 1.82) is 0 Å². The maximum atomic E-state index is 11.7. The Morgan fingerprint density at radius 3 is 3.05 bits per heavy atom. The molecule has 0 bridgehead atoms. The minimum atomic E-state index is -0.389. The molecule has 2 N–H and O–H groups in total. The van der Waals surface area contributed by atoms with Gasteiger partial charge >= 0.3 is 0 Å². The van der Waals surface area contributed by atoms with Gasteiger partial charge in [-0.2, -0.15) is 4.98 Å². The highest BCUT2D eigenvalue weighted by molar-refractivity contribution is 6.30. The highest BCUT2D eigenvalue weighted by atomic mass is 35.5. The van der Waals surface area contributed by atoms with Crippen molar-refractivity contribution in [2.24, 2.45) is 0 Å². The molecule has 7 heteroatoms. The molecule has 0 spiro atoms. The molecule has 102 valence electrons. The van der Waals surface area contributed by atoms with Gasteiger partial charge in [0.15, 0.2) is 5.65 Å². The van der Waals surface area contributed by atoms with Gasteiger partial charge in [0.2, 0.25) is 11.9 Å². The van der Waals surface area contributed by atoms with Crippen molar-refractivity contribution in [2.75, 3.05) is 11.9 Å². The summed E-state index contributed by atoms with van der Waals surface area (Å²) in [4.78, 5) is 16.0. The Hall–Kier alpha value is -1.82. The maximum Gasteiger partial charge on any atom is 0.243 e. The lowest BCUT2D eigenvalue weighted by molar-refractivity contribution is -0.121. The summed E-state index contributed by atoms with van der Waals surface area (Å²) < 4.78 is 1.57. The molecular formula is C12H16ClN5O. The maximum absolute atomic E-state index is 11.7. The third kappa shape index (κ3) is 3.35. The average Bonchev–Trinajstić information content (AvgIpc) is 2.77. The Morgan fingerprint density at radius 2 is 2.32 bits per heavy atom. The Balaban J connectivity index is 2.06. The van der Waals surface area contributed by atoms with Gasteiger partial charge in [0, 0.05) is 12.7 Å². The molecule has 1 atom stereocenters. The van der Waals surface area contributed by atoms with Crippen LogP contribution in [0.25, 0.3) is 5.65 Å². The minimum absolute atomic E-state index is 0.0706. The topological polar surface area (TPSA) is 71.3 Å². The van der Waals surface area contributed by atoms with Gasteiger partial charge in [-0.05, 0) is 25.5 Å². The lowest BCUT2D eigenvalue weighted by atomic mass is 10.3. The van der Waals surface area contributed by atoms with E-state index in [9.17, 15) is 4.79 Å². The number of hydrogen-bond acceptors (Lipinski definition) is 4. The number of nitrogens with one attached hydrogen (secondary N) is 2. The predicted molar refractivity (Wildman–Crippen MR) is 74.4 cm³/mol. The number of nitrogens with zero attached hydrogens (tertiary/aromatic N) is 3. The number of hydrogen-bond donors (Lipinski definition) is 2. The predicted octanol–water partition coefficient (Wildman–Crippen LogP) is 1.71. The third-order valence-electron chi connectivity index (χ3n) is 2.58. The summed E-state index contributed by atoms with van der Waals surface area (Å²) in [5.74, 6) is 0.333. The Labute approximate surface area is 116 Å². The smallest absolute Gasteiger partial charge is 0.243 e. The van der Waals surface area contributed by atoms with Gasteiger partial charge in [0.25, 0.3) is 0 Å². The third-order valence-corrected chi connectivity index (χ3v) is 2.81. The summed E-state index contributed by atoms with van der Waals surface area (Å²) in [7, 11) is 0. The highest BCUT2D eigenvalue weighted by Crippen LogP contribution is 2.11. The first kappa shape index (κ1) is 13.6. The number of aromatic nitrogens is 3. The largest absolute Gasteiger partial charge is 0.354 e. The van der Waals surface area contributed by atoms with Crippen LogP contribution in [-0.4, -0.2) is 33.1 Å². The van der Waals surface area contributed by atoms with Crippen LogP contribution in [0, 0.1) is 0 Å². The van der Waals surface area contributed by atoms with Crippen molar-refractivity contribution in [3.05, 3.63) is 23.4 Å². The number of halogens is 1. The van der Waals surface area contributed by atoms with Crippen molar-refractivity contribution >= 4 is 29.1 Å². The number of fused-ring (bicyclic) bond motifs is 1. The van der Waals surface area contributed by atoms with Crippen LogP contribution >= 0.6 is 11.6 Å². The first-order valence-electron chi connectivity index (χ1n) is 6.16. The fourth-order valence-electron chi connectivity index (χ4n) is 1.58. The number of rotatable bonds is 5. The summed E-state index contributed by atoms with van der Waals surface area (Å²) in [6.45, 7) is 4.44. The van der Waals surface area contributed by atoms with Gasteiger partial charge in [-0.25, -0.2) is 4.52 Å². The van der Waals surface area contributed by atoms with E-state index in [0.29, 0.717) is 23.2 Å². The first-order chi connectivity index (χ1) is 9.10. The van der Waals surface area contributed by atoms with Crippen LogP contribution in [0.4, 0.5) is 5.95 Å². The van der Waals surface area contributed by atoms with E-state index in [1.54, 1.807) is 29.8 Å². The molecule has 0 aliphatic heterocycles. The monoisotopic (exact) mass is 281 g/mol. The molecular weight excluding hydrogens is 266 g/mol. The van der Waals surface area contributed by atoms with E-state index >= 15 is 0 Å². The van der Waals surface area contributed by atoms with Gasteiger partial charge in [0.05, 0.1) is 5.02 Å². The van der Waals surface area contributed by atoms with Gasteiger partial charge in [-0.15, -0.1) is 5.10 Å². The van der Waals surface area contributed by atoms with Gasteiger partial charge in [-0.3, -0.25) is 4.79 Å². The molecule has 2 rings (SSSR count). The molecule has 0 saturated heterocycles. The summed E-state index contributed by atoms with van der Waals surface area (Å²) in [5.41, 5.74) is 0.674. The van der Waals surface area contributed by atoms with Crippen molar-refractivity contribution in [2.45, 2.75) is 26.3 Å². The van der Waals surface area contributed by atoms with Crippen molar-refractivity contribution < 1.29 is 4.79 Å². The SMILES string of the molecule is CCCNC(=O)C(C)Nc1nc2ccc(Cl)cn2n1. The number of anilines is 1. The molecule has 0 aromatic carbocycles. The summed E-state index contributed by atoms with van der Waals surface area (Å²) in [6, 6.07) is 3.12. The molecule has 0 aliphatic carbocycles. The van der Waals surface area contributed by atoms with Crippen LogP contribution in [0.1, 0.15) is 20.3 Å². The van der Waals surface area contributed by atoms with E-state index in [1.165, 1.54) is 0 Å².